The Morgan fingerprint density at radius 2 is 2.11 bits per heavy atom. The normalized spacial score (nSPS) is 12.6. The van der Waals surface area contributed by atoms with E-state index in [2.05, 4.69) is 5.10 Å². The summed E-state index contributed by atoms with van der Waals surface area (Å²) in [5.41, 5.74) is 0.780. The molecule has 1 N–H and O–H groups in total. The second kappa shape index (κ2) is 5.93. The van der Waals surface area contributed by atoms with Gasteiger partial charge in [0.15, 0.2) is 11.6 Å². The van der Waals surface area contributed by atoms with Crippen molar-refractivity contribution in [3.63, 3.8) is 0 Å². The fourth-order valence-electron chi connectivity index (χ4n) is 2.04. The molecule has 1 aromatic heterocycles. The molecule has 0 aliphatic heterocycles. The fourth-order valence-corrected chi connectivity index (χ4v) is 2.04. The summed E-state index contributed by atoms with van der Waals surface area (Å²) in [6, 6.07) is 5.66. The van der Waals surface area contributed by atoms with E-state index in [1.807, 2.05) is 6.92 Å². The number of hydrogen-bond donors (Lipinski definition) is 1. The summed E-state index contributed by atoms with van der Waals surface area (Å²) < 4.78 is 28.3. The van der Waals surface area contributed by atoms with Crippen molar-refractivity contribution < 1.29 is 13.9 Å². The summed E-state index contributed by atoms with van der Waals surface area (Å²) in [5.74, 6) is -1.80. The molecule has 19 heavy (non-hydrogen) atoms. The lowest BCUT2D eigenvalue weighted by atomic mass is 10.0. The van der Waals surface area contributed by atoms with E-state index in [-0.39, 0.29) is 12.0 Å². The largest absolute Gasteiger partial charge is 0.386 e. The second-order valence-corrected chi connectivity index (χ2v) is 4.41. The Kier molecular flexibility index (Phi) is 4.27. The van der Waals surface area contributed by atoms with Crippen molar-refractivity contribution in [1.82, 2.24) is 9.78 Å². The molecule has 3 nitrogen and oxygen atoms in total. The summed E-state index contributed by atoms with van der Waals surface area (Å²) >= 11 is 0. The zero-order valence-corrected chi connectivity index (χ0v) is 10.7. The van der Waals surface area contributed by atoms with Crippen LogP contribution in [0.15, 0.2) is 30.5 Å². The molecule has 0 amide bonds. The van der Waals surface area contributed by atoms with E-state index in [0.29, 0.717) is 12.2 Å². The number of aliphatic hydroxyl groups is 1. The minimum atomic E-state index is -0.900. The highest BCUT2D eigenvalue weighted by Gasteiger charge is 2.17. The van der Waals surface area contributed by atoms with E-state index in [9.17, 15) is 13.9 Å². The molecule has 2 rings (SSSR count). The van der Waals surface area contributed by atoms with E-state index >= 15 is 0 Å². The van der Waals surface area contributed by atoms with Gasteiger partial charge in [0, 0.05) is 19.2 Å². The number of aliphatic hydroxyl groups excluding tert-OH is 1. The van der Waals surface area contributed by atoms with Crippen LogP contribution in [0.2, 0.25) is 0 Å². The lowest BCUT2D eigenvalue weighted by molar-refractivity contribution is 0.165. The van der Waals surface area contributed by atoms with Crippen LogP contribution in [0, 0.1) is 11.6 Å². The highest BCUT2D eigenvalue weighted by atomic mass is 19.2. The highest BCUT2D eigenvalue weighted by Crippen LogP contribution is 2.21. The maximum atomic E-state index is 13.5. The summed E-state index contributed by atoms with van der Waals surface area (Å²) in [5, 5.41) is 14.2. The van der Waals surface area contributed by atoms with Gasteiger partial charge < -0.3 is 5.11 Å². The van der Waals surface area contributed by atoms with Gasteiger partial charge in [0.2, 0.25) is 0 Å². The van der Waals surface area contributed by atoms with E-state index < -0.39 is 17.7 Å². The van der Waals surface area contributed by atoms with Crippen LogP contribution in [-0.2, 0) is 13.0 Å². The van der Waals surface area contributed by atoms with Crippen molar-refractivity contribution in [3.05, 3.63) is 53.4 Å². The van der Waals surface area contributed by atoms with Crippen molar-refractivity contribution in [3.8, 4) is 0 Å². The van der Waals surface area contributed by atoms with Gasteiger partial charge in [-0.3, -0.25) is 4.68 Å². The molecule has 0 aliphatic rings. The molecule has 0 aliphatic carbocycles. The number of aromatic nitrogens is 2. The minimum absolute atomic E-state index is 0.0268. The molecule has 102 valence electrons. The molecule has 1 unspecified atom stereocenters. The maximum absolute atomic E-state index is 13.5. The predicted octanol–water partition coefficient (Wildman–Crippen LogP) is 2.85. The Labute approximate surface area is 110 Å². The van der Waals surface area contributed by atoms with Crippen LogP contribution in [0.4, 0.5) is 8.78 Å². The van der Waals surface area contributed by atoms with E-state index in [4.69, 9.17) is 0 Å². The Morgan fingerprint density at radius 1 is 1.32 bits per heavy atom. The first kappa shape index (κ1) is 13.7. The number of aryl methyl sites for hydroxylation is 1. The Balaban J connectivity index is 2.18. The quantitative estimate of drug-likeness (QED) is 0.903. The first-order valence-corrected chi connectivity index (χ1v) is 6.26. The zero-order valence-electron chi connectivity index (χ0n) is 10.7. The molecule has 2 aromatic rings. The third-order valence-electron chi connectivity index (χ3n) is 2.97. The summed E-state index contributed by atoms with van der Waals surface area (Å²) in [6.45, 7) is 2.69. The SMILES string of the molecule is CCCn1nccc1C(O)Cc1cccc(F)c1F. The fraction of sp³-hybridized carbons (Fsp3) is 0.357. The maximum Gasteiger partial charge on any atom is 0.162 e. The number of hydrogen-bond acceptors (Lipinski definition) is 2. The van der Waals surface area contributed by atoms with Crippen molar-refractivity contribution in [2.45, 2.75) is 32.4 Å². The Bertz CT molecular complexity index is 554. The van der Waals surface area contributed by atoms with E-state index in [0.717, 1.165) is 12.5 Å². The van der Waals surface area contributed by atoms with Crippen LogP contribution >= 0.6 is 0 Å². The van der Waals surface area contributed by atoms with Crippen LogP contribution < -0.4 is 0 Å². The van der Waals surface area contributed by atoms with Gasteiger partial charge in [0.05, 0.1) is 11.8 Å². The molecule has 0 radical (unpaired) electrons. The predicted molar refractivity (Wildman–Crippen MR) is 67.5 cm³/mol. The minimum Gasteiger partial charge on any atom is -0.386 e. The third kappa shape index (κ3) is 2.98. The molecular weight excluding hydrogens is 250 g/mol. The molecule has 1 aromatic carbocycles. The molecule has 0 spiro atoms. The molecule has 1 heterocycles. The van der Waals surface area contributed by atoms with Gasteiger partial charge in [0.25, 0.3) is 0 Å². The van der Waals surface area contributed by atoms with E-state index in [1.165, 1.54) is 12.1 Å². The first-order chi connectivity index (χ1) is 9.13. The molecular formula is C14H16F2N2O. The van der Waals surface area contributed by atoms with Crippen LogP contribution in [0.1, 0.15) is 30.7 Å². The van der Waals surface area contributed by atoms with Crippen LogP contribution in [-0.4, -0.2) is 14.9 Å². The topological polar surface area (TPSA) is 38.0 Å². The van der Waals surface area contributed by atoms with Gasteiger partial charge in [-0.25, -0.2) is 8.78 Å². The standard InChI is InChI=1S/C14H16F2N2O/c1-2-8-18-12(6-7-17-18)13(19)9-10-4-3-5-11(15)14(10)16/h3-7,13,19H,2,8-9H2,1H3. The highest BCUT2D eigenvalue weighted by molar-refractivity contribution is 5.21. The molecule has 0 saturated heterocycles. The van der Waals surface area contributed by atoms with Gasteiger partial charge in [-0.05, 0) is 24.1 Å². The average molecular weight is 266 g/mol. The van der Waals surface area contributed by atoms with E-state index in [1.54, 1.807) is 16.9 Å². The smallest absolute Gasteiger partial charge is 0.162 e. The summed E-state index contributed by atoms with van der Waals surface area (Å²) in [7, 11) is 0. The second-order valence-electron chi connectivity index (χ2n) is 4.41. The zero-order chi connectivity index (χ0) is 13.8. The summed E-state index contributed by atoms with van der Waals surface area (Å²) in [6.07, 6.45) is 1.61. The molecule has 0 fully saturated rings. The van der Waals surface area contributed by atoms with Crippen molar-refractivity contribution in [1.29, 1.82) is 0 Å². The molecule has 5 heteroatoms. The number of nitrogens with zero attached hydrogens (tertiary/aromatic N) is 2. The van der Waals surface area contributed by atoms with Crippen LogP contribution in [0.25, 0.3) is 0 Å². The first-order valence-electron chi connectivity index (χ1n) is 6.26. The molecule has 0 saturated carbocycles. The monoisotopic (exact) mass is 266 g/mol. The average Bonchev–Trinajstić information content (AvgIpc) is 2.84. The van der Waals surface area contributed by atoms with Crippen molar-refractivity contribution in [2.75, 3.05) is 0 Å². The van der Waals surface area contributed by atoms with Gasteiger partial charge in [-0.15, -0.1) is 0 Å². The van der Waals surface area contributed by atoms with Crippen molar-refractivity contribution >= 4 is 0 Å². The van der Waals surface area contributed by atoms with Gasteiger partial charge in [-0.2, -0.15) is 5.10 Å². The molecule has 1 atom stereocenters. The van der Waals surface area contributed by atoms with Crippen LogP contribution in [0.5, 0.6) is 0 Å². The van der Waals surface area contributed by atoms with Gasteiger partial charge in [0.1, 0.15) is 0 Å². The van der Waals surface area contributed by atoms with Crippen molar-refractivity contribution in [2.24, 2.45) is 0 Å². The van der Waals surface area contributed by atoms with Gasteiger partial charge >= 0.3 is 0 Å². The number of benzene rings is 1. The third-order valence-corrected chi connectivity index (χ3v) is 2.97. The lowest BCUT2D eigenvalue weighted by Crippen LogP contribution is -2.12. The lowest BCUT2D eigenvalue weighted by Gasteiger charge is -2.13. The Morgan fingerprint density at radius 3 is 2.84 bits per heavy atom. The number of rotatable bonds is 5. The van der Waals surface area contributed by atoms with Gasteiger partial charge in [-0.1, -0.05) is 19.1 Å². The summed E-state index contributed by atoms with van der Waals surface area (Å²) in [4.78, 5) is 0. The Hall–Kier alpha value is -1.75. The number of halogens is 2. The molecule has 0 bridgehead atoms. The van der Waals surface area contributed by atoms with Crippen LogP contribution in [0.3, 0.4) is 0 Å².